The number of nitrogens with zero attached hydrogens (tertiary/aromatic N) is 2. The Morgan fingerprint density at radius 1 is 0.947 bits per heavy atom. The molecule has 6 aliphatic rings. The van der Waals surface area contributed by atoms with Crippen LogP contribution in [0.4, 0.5) is 5.69 Å². The van der Waals surface area contributed by atoms with E-state index in [4.69, 9.17) is 4.74 Å². The molecule has 5 aliphatic heterocycles. The lowest BCUT2D eigenvalue weighted by molar-refractivity contribution is -0.955. The maximum absolute atomic E-state index is 13.7. The van der Waals surface area contributed by atoms with Crippen molar-refractivity contribution in [1.82, 2.24) is 0 Å². The van der Waals surface area contributed by atoms with E-state index in [0.717, 1.165) is 24.0 Å². The van der Waals surface area contributed by atoms with E-state index in [2.05, 4.69) is 89.8 Å². The summed E-state index contributed by atoms with van der Waals surface area (Å²) in [6.07, 6.45) is 5.38. The van der Waals surface area contributed by atoms with Crippen LogP contribution < -0.4 is 4.90 Å². The van der Waals surface area contributed by atoms with Crippen LogP contribution in [0.3, 0.4) is 0 Å². The molecule has 1 unspecified atom stereocenters. The van der Waals surface area contributed by atoms with Gasteiger partial charge in [0.25, 0.3) is 0 Å². The number of carbonyl (C=O) groups is 1. The Balaban J connectivity index is 1.17. The van der Waals surface area contributed by atoms with E-state index < -0.39 is 0 Å². The van der Waals surface area contributed by atoms with Crippen molar-refractivity contribution in [2.45, 2.75) is 49.4 Å². The number of ether oxygens (including phenoxy) is 1. The van der Waals surface area contributed by atoms with Gasteiger partial charge in [-0.1, -0.05) is 78.9 Å². The number of benzene rings is 3. The Labute approximate surface area is 224 Å². The zero-order chi connectivity index (χ0) is 25.1. The first-order valence-corrected chi connectivity index (χ1v) is 14.4. The van der Waals surface area contributed by atoms with Crippen molar-refractivity contribution in [2.75, 3.05) is 24.6 Å². The maximum atomic E-state index is 13.7. The van der Waals surface area contributed by atoms with Crippen LogP contribution in [-0.4, -0.2) is 48.3 Å². The van der Waals surface area contributed by atoms with Crippen LogP contribution in [0, 0.1) is 11.8 Å². The summed E-state index contributed by atoms with van der Waals surface area (Å²) < 4.78 is 7.59. The number of hydrogen-bond donors (Lipinski definition) is 0. The second-order valence-corrected chi connectivity index (χ2v) is 12.6. The second kappa shape index (κ2) is 7.46. The third-order valence-corrected chi connectivity index (χ3v) is 11.3. The number of hydrogen-bond acceptors (Lipinski definition) is 2. The summed E-state index contributed by atoms with van der Waals surface area (Å²) in [6.45, 7) is 4.03. The lowest BCUT2D eigenvalue weighted by Crippen LogP contribution is -2.72. The highest BCUT2D eigenvalue weighted by Gasteiger charge is 2.75. The van der Waals surface area contributed by atoms with Gasteiger partial charge in [0, 0.05) is 30.0 Å². The summed E-state index contributed by atoms with van der Waals surface area (Å²) in [7, 11) is 0. The lowest BCUT2D eigenvalue weighted by atomic mass is 9.53. The fourth-order valence-corrected chi connectivity index (χ4v) is 10.00. The largest absolute Gasteiger partial charge is 0.373 e. The van der Waals surface area contributed by atoms with Crippen molar-refractivity contribution in [1.29, 1.82) is 0 Å². The number of rotatable bonds is 3. The molecule has 1 spiro atoms. The minimum atomic E-state index is 0.0370. The van der Waals surface area contributed by atoms with E-state index >= 15 is 0 Å². The molecule has 4 fully saturated rings. The van der Waals surface area contributed by atoms with Crippen molar-refractivity contribution < 1.29 is 14.0 Å². The van der Waals surface area contributed by atoms with Crippen LogP contribution in [0.15, 0.2) is 90.5 Å². The van der Waals surface area contributed by atoms with Gasteiger partial charge in [-0.2, -0.15) is 0 Å². The van der Waals surface area contributed by atoms with E-state index in [1.807, 2.05) is 0 Å². The molecule has 1 saturated carbocycles. The van der Waals surface area contributed by atoms with Crippen molar-refractivity contribution >= 4 is 11.6 Å². The van der Waals surface area contributed by atoms with Crippen LogP contribution in [0.1, 0.15) is 30.4 Å². The number of carbonyl (C=O) groups excluding carboxylic acids is 1. The molecular weight excluding hydrogens is 468 g/mol. The summed E-state index contributed by atoms with van der Waals surface area (Å²) in [5, 5.41) is 0. The lowest BCUT2D eigenvalue weighted by Gasteiger charge is -2.60. The van der Waals surface area contributed by atoms with Crippen molar-refractivity contribution in [3.8, 4) is 11.1 Å². The van der Waals surface area contributed by atoms with E-state index in [9.17, 15) is 4.79 Å². The molecule has 3 aromatic carbocycles. The Hall–Kier alpha value is -3.21. The molecule has 3 saturated heterocycles. The first-order valence-electron chi connectivity index (χ1n) is 14.4. The van der Waals surface area contributed by atoms with Gasteiger partial charge in [-0.3, -0.25) is 4.79 Å². The van der Waals surface area contributed by atoms with Crippen LogP contribution in [0.25, 0.3) is 11.1 Å². The van der Waals surface area contributed by atoms with E-state index in [1.165, 1.54) is 40.9 Å². The SMILES string of the molecule is O=C1C[C@@H]2OCC=C3C[N+]4(Cc5ccc(-c6ccccc6)cc5)CC[C@]56c7ccccc7N1[C@H]5[C@H]2[C@H]3C[C@@H]64. The van der Waals surface area contributed by atoms with Gasteiger partial charge in [-0.05, 0) is 34.2 Å². The molecule has 7 atom stereocenters. The quantitative estimate of drug-likeness (QED) is 0.352. The summed E-state index contributed by atoms with van der Waals surface area (Å²) in [6, 6.07) is 29.7. The first kappa shape index (κ1) is 21.7. The summed E-state index contributed by atoms with van der Waals surface area (Å²) in [4.78, 5) is 16.0. The first-order chi connectivity index (χ1) is 18.7. The molecule has 3 aromatic rings. The highest BCUT2D eigenvalue weighted by atomic mass is 16.5. The average molecular weight is 502 g/mol. The fourth-order valence-electron chi connectivity index (χ4n) is 10.00. The molecule has 9 rings (SSSR count). The van der Waals surface area contributed by atoms with Gasteiger partial charge in [0.05, 0.1) is 37.1 Å². The summed E-state index contributed by atoms with van der Waals surface area (Å²) in [5.74, 6) is 1.22. The van der Waals surface area contributed by atoms with E-state index in [1.54, 1.807) is 5.57 Å². The second-order valence-electron chi connectivity index (χ2n) is 12.6. The normalized spacial score (nSPS) is 37.5. The minimum absolute atomic E-state index is 0.0370. The molecule has 38 heavy (non-hydrogen) atoms. The monoisotopic (exact) mass is 501 g/mol. The smallest absolute Gasteiger partial charge is 0.229 e. The standard InChI is InChI=1S/C34H33N2O2/c37-31-19-29-32-26-18-30-34(27-8-4-5-9-28(27)35(31)33(32)34)15-16-36(30,21-25(26)14-17-38-29)20-22-10-12-24(13-11-22)23-6-2-1-3-7-23/h1-14,26,29-30,32-33H,15-21H2/q+1/t26-,29-,30-,32-,33-,34+,36?/m0/s1. The number of amides is 1. The Morgan fingerprint density at radius 3 is 2.61 bits per heavy atom. The number of piperidine rings is 2. The highest BCUT2D eigenvalue weighted by Crippen LogP contribution is 2.67. The van der Waals surface area contributed by atoms with Crippen LogP contribution in [0.5, 0.6) is 0 Å². The maximum Gasteiger partial charge on any atom is 0.229 e. The molecule has 190 valence electrons. The highest BCUT2D eigenvalue weighted by molar-refractivity contribution is 5.99. The van der Waals surface area contributed by atoms with Gasteiger partial charge in [0.2, 0.25) is 5.91 Å². The summed E-state index contributed by atoms with van der Waals surface area (Å²) in [5.41, 5.74) is 8.25. The van der Waals surface area contributed by atoms with Gasteiger partial charge >= 0.3 is 0 Å². The minimum Gasteiger partial charge on any atom is -0.373 e. The molecule has 2 bridgehead atoms. The molecule has 4 nitrogen and oxygen atoms in total. The van der Waals surface area contributed by atoms with Crippen molar-refractivity contribution in [3.63, 3.8) is 0 Å². The zero-order valence-corrected chi connectivity index (χ0v) is 21.6. The van der Waals surface area contributed by atoms with Gasteiger partial charge < -0.3 is 14.1 Å². The van der Waals surface area contributed by atoms with Gasteiger partial charge in [-0.15, -0.1) is 0 Å². The molecule has 1 amide bonds. The number of quaternary nitrogens is 1. The predicted molar refractivity (Wildman–Crippen MR) is 147 cm³/mol. The fraction of sp³-hybridized carbons (Fsp3) is 0.382. The van der Waals surface area contributed by atoms with E-state index in [0.29, 0.717) is 30.9 Å². The molecule has 1 aliphatic carbocycles. The van der Waals surface area contributed by atoms with E-state index in [-0.39, 0.29) is 23.5 Å². The van der Waals surface area contributed by atoms with Gasteiger partial charge in [-0.25, -0.2) is 0 Å². The third-order valence-electron chi connectivity index (χ3n) is 11.3. The van der Waals surface area contributed by atoms with Gasteiger partial charge in [0.1, 0.15) is 19.1 Å². The number of fused-ring (bicyclic) bond motifs is 2. The van der Waals surface area contributed by atoms with Crippen molar-refractivity contribution in [3.05, 3.63) is 102 Å². The van der Waals surface area contributed by atoms with Crippen LogP contribution >= 0.6 is 0 Å². The van der Waals surface area contributed by atoms with Gasteiger partial charge in [0.15, 0.2) is 0 Å². The topological polar surface area (TPSA) is 29.5 Å². The molecule has 4 heteroatoms. The molecule has 0 N–H and O–H groups in total. The summed E-state index contributed by atoms with van der Waals surface area (Å²) >= 11 is 0. The number of para-hydroxylation sites is 1. The zero-order valence-electron chi connectivity index (χ0n) is 21.6. The molecule has 5 heterocycles. The Morgan fingerprint density at radius 2 is 1.74 bits per heavy atom. The Bertz CT molecular complexity index is 1500. The van der Waals surface area contributed by atoms with Crippen LogP contribution in [-0.2, 0) is 21.5 Å². The molecule has 0 aromatic heterocycles. The van der Waals surface area contributed by atoms with Crippen LogP contribution in [0.2, 0.25) is 0 Å². The predicted octanol–water partition coefficient (Wildman–Crippen LogP) is 5.47. The number of anilines is 1. The third kappa shape index (κ3) is 2.60. The molecular formula is C34H33N2O2+. The molecule has 0 radical (unpaired) electrons. The average Bonchev–Trinajstić information content (AvgIpc) is 3.39. The van der Waals surface area contributed by atoms with Crippen molar-refractivity contribution in [2.24, 2.45) is 11.8 Å². The Kier molecular flexibility index (Phi) is 4.26.